The molecule has 0 saturated carbocycles. The van der Waals surface area contributed by atoms with Gasteiger partial charge in [0.2, 0.25) is 0 Å². The molecule has 15 heavy (non-hydrogen) atoms. The van der Waals surface area contributed by atoms with Gasteiger partial charge in [0.25, 0.3) is 0 Å². The first-order chi connectivity index (χ1) is 7.10. The molecular formula is C11H15ClN2S. The number of rotatable bonds is 4. The fourth-order valence-electron chi connectivity index (χ4n) is 1.60. The summed E-state index contributed by atoms with van der Waals surface area (Å²) in [5.41, 5.74) is 0. The zero-order valence-corrected chi connectivity index (χ0v) is 10.7. The van der Waals surface area contributed by atoms with Crippen molar-refractivity contribution in [2.24, 2.45) is 11.8 Å². The topological polar surface area (TPSA) is 35.8 Å². The molecule has 0 aliphatic heterocycles. The quantitative estimate of drug-likeness (QED) is 0.878. The lowest BCUT2D eigenvalue weighted by molar-refractivity contribution is 0.367. The number of nitrogens with one attached hydrogen (secondary N) is 1. The molecule has 1 aromatic rings. The summed E-state index contributed by atoms with van der Waals surface area (Å²) < 4.78 is 0.769. The summed E-state index contributed by atoms with van der Waals surface area (Å²) in [6.07, 6.45) is 0. The van der Waals surface area contributed by atoms with Gasteiger partial charge < -0.3 is 5.32 Å². The van der Waals surface area contributed by atoms with Crippen molar-refractivity contribution in [3.05, 3.63) is 21.3 Å². The Labute approximate surface area is 99.9 Å². The molecule has 1 N–H and O–H groups in total. The van der Waals surface area contributed by atoms with Crippen LogP contribution >= 0.6 is 22.9 Å². The fourth-order valence-corrected chi connectivity index (χ4v) is 2.82. The third kappa shape index (κ3) is 2.94. The number of thiophene rings is 1. The molecule has 0 aliphatic rings. The van der Waals surface area contributed by atoms with Crippen molar-refractivity contribution in [2.75, 3.05) is 7.05 Å². The summed E-state index contributed by atoms with van der Waals surface area (Å²) in [5, 5.41) is 12.3. The van der Waals surface area contributed by atoms with Crippen molar-refractivity contribution in [1.82, 2.24) is 5.32 Å². The molecule has 0 spiro atoms. The van der Waals surface area contributed by atoms with Crippen LogP contribution in [-0.2, 0) is 0 Å². The summed E-state index contributed by atoms with van der Waals surface area (Å²) in [7, 11) is 1.88. The van der Waals surface area contributed by atoms with Crippen LogP contribution in [0.15, 0.2) is 12.1 Å². The van der Waals surface area contributed by atoms with Gasteiger partial charge in [-0.25, -0.2) is 0 Å². The second kappa shape index (κ2) is 5.50. The van der Waals surface area contributed by atoms with Gasteiger partial charge >= 0.3 is 0 Å². The van der Waals surface area contributed by atoms with Gasteiger partial charge in [-0.1, -0.05) is 25.4 Å². The fraction of sp³-hybridized carbons (Fsp3) is 0.545. The molecule has 1 heterocycles. The first kappa shape index (κ1) is 12.5. The first-order valence-corrected chi connectivity index (χ1v) is 6.11. The van der Waals surface area contributed by atoms with Crippen LogP contribution < -0.4 is 5.32 Å². The van der Waals surface area contributed by atoms with E-state index in [1.807, 2.05) is 19.2 Å². The molecule has 1 aromatic heterocycles. The molecule has 2 nitrogen and oxygen atoms in total. The Balaban J connectivity index is 2.93. The van der Waals surface area contributed by atoms with E-state index in [4.69, 9.17) is 16.9 Å². The summed E-state index contributed by atoms with van der Waals surface area (Å²) >= 11 is 7.43. The van der Waals surface area contributed by atoms with Gasteiger partial charge in [0.15, 0.2) is 0 Å². The summed E-state index contributed by atoms with van der Waals surface area (Å²) in [5.74, 6) is 0.304. The lowest BCUT2D eigenvalue weighted by atomic mass is 9.89. The average Bonchev–Trinajstić information content (AvgIpc) is 2.60. The Hall–Kier alpha value is -0.560. The maximum absolute atomic E-state index is 9.15. The Bertz CT molecular complexity index is 354. The highest BCUT2D eigenvalue weighted by Crippen LogP contribution is 2.33. The van der Waals surface area contributed by atoms with E-state index >= 15 is 0 Å². The van der Waals surface area contributed by atoms with Gasteiger partial charge in [0, 0.05) is 4.88 Å². The lowest BCUT2D eigenvalue weighted by Gasteiger charge is -2.23. The van der Waals surface area contributed by atoms with Crippen LogP contribution in [0.2, 0.25) is 4.34 Å². The second-order valence-corrected chi connectivity index (χ2v) is 5.55. The normalized spacial score (nSPS) is 14.9. The largest absolute Gasteiger partial charge is 0.311 e. The minimum Gasteiger partial charge on any atom is -0.311 e. The predicted molar refractivity (Wildman–Crippen MR) is 65.1 cm³/mol. The molecule has 0 amide bonds. The van der Waals surface area contributed by atoms with E-state index in [2.05, 4.69) is 25.2 Å². The molecule has 0 radical (unpaired) electrons. The molecule has 0 aromatic carbocycles. The summed E-state index contributed by atoms with van der Waals surface area (Å²) in [4.78, 5) is 1.13. The molecule has 1 rings (SSSR count). The van der Waals surface area contributed by atoms with Gasteiger partial charge in [-0.05, 0) is 25.1 Å². The average molecular weight is 243 g/mol. The van der Waals surface area contributed by atoms with Gasteiger partial charge in [-0.15, -0.1) is 11.3 Å². The third-order valence-corrected chi connectivity index (χ3v) is 3.75. The zero-order chi connectivity index (χ0) is 11.4. The molecule has 0 saturated heterocycles. The van der Waals surface area contributed by atoms with E-state index in [1.165, 1.54) is 11.3 Å². The highest BCUT2D eigenvalue weighted by Gasteiger charge is 2.25. The summed E-state index contributed by atoms with van der Waals surface area (Å²) in [6, 6.07) is 6.30. The van der Waals surface area contributed by atoms with E-state index < -0.39 is 0 Å². The van der Waals surface area contributed by atoms with E-state index in [9.17, 15) is 0 Å². The molecule has 2 atom stereocenters. The number of nitrogens with zero attached hydrogens (tertiary/aromatic N) is 1. The predicted octanol–water partition coefficient (Wildman–Crippen LogP) is 3.46. The highest BCUT2D eigenvalue weighted by molar-refractivity contribution is 7.16. The number of hydrogen-bond donors (Lipinski definition) is 1. The first-order valence-electron chi connectivity index (χ1n) is 4.92. The van der Waals surface area contributed by atoms with E-state index in [0.29, 0.717) is 5.92 Å². The molecule has 4 heteroatoms. The SMILES string of the molecule is CNC(c1ccc(Cl)s1)C(C#N)C(C)C. The zero-order valence-electron chi connectivity index (χ0n) is 9.12. The molecule has 2 unspecified atom stereocenters. The number of halogens is 1. The lowest BCUT2D eigenvalue weighted by Crippen LogP contribution is -2.26. The Morgan fingerprint density at radius 3 is 2.47 bits per heavy atom. The van der Waals surface area contributed by atoms with Crippen molar-refractivity contribution in [3.63, 3.8) is 0 Å². The second-order valence-electron chi connectivity index (χ2n) is 3.81. The van der Waals surface area contributed by atoms with E-state index in [0.717, 1.165) is 9.21 Å². The minimum absolute atomic E-state index is 0.0234. The van der Waals surface area contributed by atoms with Crippen molar-refractivity contribution in [2.45, 2.75) is 19.9 Å². The smallest absolute Gasteiger partial charge is 0.0931 e. The Morgan fingerprint density at radius 1 is 1.47 bits per heavy atom. The summed E-state index contributed by atoms with van der Waals surface area (Å²) in [6.45, 7) is 4.13. The van der Waals surface area contributed by atoms with Gasteiger partial charge in [0.05, 0.1) is 22.4 Å². The molecule has 82 valence electrons. The van der Waals surface area contributed by atoms with Gasteiger partial charge in [-0.2, -0.15) is 5.26 Å². The Kier molecular flexibility index (Phi) is 4.59. The minimum atomic E-state index is -0.0234. The van der Waals surface area contributed by atoms with Crippen molar-refractivity contribution in [1.29, 1.82) is 5.26 Å². The van der Waals surface area contributed by atoms with Crippen LogP contribution in [0.5, 0.6) is 0 Å². The van der Waals surface area contributed by atoms with E-state index in [-0.39, 0.29) is 12.0 Å². The van der Waals surface area contributed by atoms with E-state index in [1.54, 1.807) is 0 Å². The van der Waals surface area contributed by atoms with Crippen LogP contribution in [-0.4, -0.2) is 7.05 Å². The molecule has 0 bridgehead atoms. The maximum atomic E-state index is 9.15. The van der Waals surface area contributed by atoms with Gasteiger partial charge in [0.1, 0.15) is 0 Å². The Morgan fingerprint density at radius 2 is 2.13 bits per heavy atom. The van der Waals surface area contributed by atoms with Crippen LogP contribution in [0.4, 0.5) is 0 Å². The van der Waals surface area contributed by atoms with Crippen LogP contribution in [0.1, 0.15) is 24.8 Å². The van der Waals surface area contributed by atoms with Crippen LogP contribution in [0.25, 0.3) is 0 Å². The highest BCUT2D eigenvalue weighted by atomic mass is 35.5. The number of hydrogen-bond acceptors (Lipinski definition) is 3. The van der Waals surface area contributed by atoms with Crippen molar-refractivity contribution >= 4 is 22.9 Å². The van der Waals surface area contributed by atoms with Crippen LogP contribution in [0, 0.1) is 23.2 Å². The van der Waals surface area contributed by atoms with Gasteiger partial charge in [-0.3, -0.25) is 0 Å². The van der Waals surface area contributed by atoms with Crippen molar-refractivity contribution < 1.29 is 0 Å². The van der Waals surface area contributed by atoms with Crippen LogP contribution in [0.3, 0.4) is 0 Å². The molecule has 0 aliphatic carbocycles. The monoisotopic (exact) mass is 242 g/mol. The number of nitriles is 1. The standard InChI is InChI=1S/C11H15ClN2S/c1-7(2)8(6-13)11(14-3)9-4-5-10(12)15-9/h4-5,7-8,11,14H,1-3H3. The third-order valence-electron chi connectivity index (χ3n) is 2.44. The van der Waals surface area contributed by atoms with Crippen molar-refractivity contribution in [3.8, 4) is 6.07 Å². The molecule has 0 fully saturated rings. The maximum Gasteiger partial charge on any atom is 0.0931 e. The molecular weight excluding hydrogens is 228 g/mol.